The molecule has 17 heavy (non-hydrogen) atoms. The van der Waals surface area contributed by atoms with Gasteiger partial charge in [-0.2, -0.15) is 0 Å². The minimum absolute atomic E-state index is 0.0401. The molecule has 1 rings (SSSR count). The van der Waals surface area contributed by atoms with Crippen LogP contribution >= 0.6 is 0 Å². The molecule has 2 unspecified atom stereocenters. The van der Waals surface area contributed by atoms with Crippen molar-refractivity contribution in [3.05, 3.63) is 0 Å². The molecule has 0 aromatic carbocycles. The number of esters is 1. The highest BCUT2D eigenvalue weighted by molar-refractivity contribution is 5.70. The Bertz CT molecular complexity index is 235. The van der Waals surface area contributed by atoms with Crippen LogP contribution in [-0.4, -0.2) is 63.0 Å². The van der Waals surface area contributed by atoms with Gasteiger partial charge in [0.2, 0.25) is 0 Å². The quantitative estimate of drug-likeness (QED) is 0.487. The lowest BCUT2D eigenvalue weighted by molar-refractivity contribution is -0.148. The average Bonchev–Trinajstić information content (AvgIpc) is 2.71. The number of likely N-dealkylation sites (N-methyl/N-ethyl adjacent to an activating group) is 1. The highest BCUT2D eigenvalue weighted by Gasteiger charge is 2.27. The average molecular weight is 245 g/mol. The molecule has 0 aromatic heterocycles. The summed E-state index contributed by atoms with van der Waals surface area (Å²) in [6.45, 7) is 6.49. The van der Waals surface area contributed by atoms with Crippen molar-refractivity contribution in [3.63, 3.8) is 0 Å². The molecular weight excluding hydrogens is 222 g/mol. The highest BCUT2D eigenvalue weighted by atomic mass is 16.6. The summed E-state index contributed by atoms with van der Waals surface area (Å²) in [6.07, 6.45) is 1.35. The summed E-state index contributed by atoms with van der Waals surface area (Å²) < 4.78 is 15.5. The van der Waals surface area contributed by atoms with E-state index in [1.165, 1.54) is 0 Å². The fourth-order valence-corrected chi connectivity index (χ4v) is 2.03. The second-order valence-electron chi connectivity index (χ2n) is 4.27. The van der Waals surface area contributed by atoms with Crippen LogP contribution in [0, 0.1) is 0 Å². The zero-order chi connectivity index (χ0) is 12.7. The molecule has 100 valence electrons. The SMILES string of the molecule is CCOC(=O)COCCN(C)C1CCOC1C. The summed E-state index contributed by atoms with van der Waals surface area (Å²) in [5, 5.41) is 0. The number of carbonyl (C=O) groups excluding carboxylic acids is 1. The molecule has 0 bridgehead atoms. The maximum absolute atomic E-state index is 11.0. The lowest BCUT2D eigenvalue weighted by Crippen LogP contribution is -2.38. The maximum atomic E-state index is 11.0. The molecule has 1 aliphatic heterocycles. The predicted molar refractivity (Wildman–Crippen MR) is 63.9 cm³/mol. The van der Waals surface area contributed by atoms with E-state index in [0.29, 0.717) is 19.3 Å². The van der Waals surface area contributed by atoms with Crippen molar-refractivity contribution >= 4 is 5.97 Å². The summed E-state index contributed by atoms with van der Waals surface area (Å²) in [5.41, 5.74) is 0. The molecule has 0 spiro atoms. The van der Waals surface area contributed by atoms with Crippen molar-refractivity contribution in [2.45, 2.75) is 32.4 Å². The molecule has 1 heterocycles. The number of hydrogen-bond donors (Lipinski definition) is 0. The van der Waals surface area contributed by atoms with Crippen molar-refractivity contribution in [2.24, 2.45) is 0 Å². The molecule has 5 heteroatoms. The van der Waals surface area contributed by atoms with Crippen molar-refractivity contribution in [1.82, 2.24) is 4.90 Å². The molecule has 2 atom stereocenters. The van der Waals surface area contributed by atoms with Crippen LogP contribution in [0.2, 0.25) is 0 Å². The van der Waals surface area contributed by atoms with Gasteiger partial charge in [-0.3, -0.25) is 4.90 Å². The monoisotopic (exact) mass is 245 g/mol. The Labute approximate surface area is 103 Å². The normalized spacial score (nSPS) is 24.2. The number of nitrogens with zero attached hydrogens (tertiary/aromatic N) is 1. The third-order valence-corrected chi connectivity index (χ3v) is 3.02. The number of carbonyl (C=O) groups is 1. The van der Waals surface area contributed by atoms with Crippen molar-refractivity contribution in [3.8, 4) is 0 Å². The summed E-state index contributed by atoms with van der Waals surface area (Å²) in [5.74, 6) is -0.298. The third-order valence-electron chi connectivity index (χ3n) is 3.02. The fraction of sp³-hybridized carbons (Fsp3) is 0.917. The van der Waals surface area contributed by atoms with Gasteiger partial charge in [-0.15, -0.1) is 0 Å². The molecule has 1 saturated heterocycles. The second kappa shape index (κ2) is 7.63. The third kappa shape index (κ3) is 5.02. The first-order valence-electron chi connectivity index (χ1n) is 6.20. The molecule has 0 radical (unpaired) electrons. The highest BCUT2D eigenvalue weighted by Crippen LogP contribution is 2.17. The Kier molecular flexibility index (Phi) is 6.47. The number of rotatable bonds is 7. The Morgan fingerprint density at radius 2 is 2.29 bits per heavy atom. The maximum Gasteiger partial charge on any atom is 0.332 e. The van der Waals surface area contributed by atoms with Gasteiger partial charge < -0.3 is 14.2 Å². The molecule has 0 amide bonds. The second-order valence-corrected chi connectivity index (χ2v) is 4.27. The van der Waals surface area contributed by atoms with Crippen molar-refractivity contribution < 1.29 is 19.0 Å². The topological polar surface area (TPSA) is 48.0 Å². The van der Waals surface area contributed by atoms with Gasteiger partial charge in [0.05, 0.1) is 19.3 Å². The molecule has 1 aliphatic rings. The van der Waals surface area contributed by atoms with Crippen LogP contribution in [0.3, 0.4) is 0 Å². The molecule has 0 saturated carbocycles. The van der Waals surface area contributed by atoms with Gasteiger partial charge in [0, 0.05) is 19.2 Å². The lowest BCUT2D eigenvalue weighted by Gasteiger charge is -2.26. The van der Waals surface area contributed by atoms with Gasteiger partial charge in [0.15, 0.2) is 0 Å². The summed E-state index contributed by atoms with van der Waals surface area (Å²) in [4.78, 5) is 13.2. The minimum Gasteiger partial charge on any atom is -0.464 e. The van der Waals surface area contributed by atoms with E-state index >= 15 is 0 Å². The van der Waals surface area contributed by atoms with E-state index in [1.54, 1.807) is 6.92 Å². The van der Waals surface area contributed by atoms with Crippen molar-refractivity contribution in [2.75, 3.05) is 40.0 Å². The zero-order valence-electron chi connectivity index (χ0n) is 11.0. The van der Waals surface area contributed by atoms with Crippen molar-refractivity contribution in [1.29, 1.82) is 0 Å². The van der Waals surface area contributed by atoms with Gasteiger partial charge in [-0.1, -0.05) is 0 Å². The molecule has 1 fully saturated rings. The lowest BCUT2D eigenvalue weighted by atomic mass is 10.1. The van der Waals surface area contributed by atoms with E-state index in [-0.39, 0.29) is 18.7 Å². The van der Waals surface area contributed by atoms with E-state index in [2.05, 4.69) is 18.9 Å². The summed E-state index contributed by atoms with van der Waals surface area (Å²) in [6, 6.07) is 0.459. The standard InChI is InChI=1S/C12H23NO4/c1-4-16-12(14)9-15-8-6-13(3)11-5-7-17-10(11)2/h10-11H,4-9H2,1-3H3. The zero-order valence-corrected chi connectivity index (χ0v) is 11.0. The Hall–Kier alpha value is -0.650. The smallest absolute Gasteiger partial charge is 0.332 e. The van der Waals surface area contributed by atoms with Crippen LogP contribution < -0.4 is 0 Å². The molecule has 0 aliphatic carbocycles. The van der Waals surface area contributed by atoms with Crippen LogP contribution in [0.1, 0.15) is 20.3 Å². The summed E-state index contributed by atoms with van der Waals surface area (Å²) in [7, 11) is 2.06. The number of hydrogen-bond acceptors (Lipinski definition) is 5. The largest absolute Gasteiger partial charge is 0.464 e. The van der Waals surface area contributed by atoms with Crippen LogP contribution in [0.25, 0.3) is 0 Å². The van der Waals surface area contributed by atoms with Crippen LogP contribution in [0.5, 0.6) is 0 Å². The predicted octanol–water partition coefficient (Wildman–Crippen LogP) is 0.675. The Balaban J connectivity index is 2.07. The van der Waals surface area contributed by atoms with E-state index in [4.69, 9.17) is 14.2 Å². The van der Waals surface area contributed by atoms with E-state index in [1.807, 2.05) is 0 Å². The fourth-order valence-electron chi connectivity index (χ4n) is 2.03. The Morgan fingerprint density at radius 1 is 1.53 bits per heavy atom. The molecule has 0 N–H and O–H groups in total. The summed E-state index contributed by atoms with van der Waals surface area (Å²) >= 11 is 0. The van der Waals surface area contributed by atoms with Gasteiger partial charge in [-0.25, -0.2) is 4.79 Å². The molecule has 5 nitrogen and oxygen atoms in total. The first-order chi connectivity index (χ1) is 8.15. The van der Waals surface area contributed by atoms with Gasteiger partial charge in [0.1, 0.15) is 6.61 Å². The Morgan fingerprint density at radius 3 is 2.88 bits per heavy atom. The minimum atomic E-state index is -0.298. The van der Waals surface area contributed by atoms with Crippen LogP contribution in [0.4, 0.5) is 0 Å². The first kappa shape index (κ1) is 14.4. The van der Waals surface area contributed by atoms with Gasteiger partial charge >= 0.3 is 5.97 Å². The molecule has 0 aromatic rings. The van der Waals surface area contributed by atoms with Crippen LogP contribution in [-0.2, 0) is 19.0 Å². The van der Waals surface area contributed by atoms with Crippen LogP contribution in [0.15, 0.2) is 0 Å². The van der Waals surface area contributed by atoms with Gasteiger partial charge in [0.25, 0.3) is 0 Å². The molecular formula is C12H23NO4. The first-order valence-corrected chi connectivity index (χ1v) is 6.20. The van der Waals surface area contributed by atoms with E-state index in [0.717, 1.165) is 19.6 Å². The number of ether oxygens (including phenoxy) is 3. The van der Waals surface area contributed by atoms with Gasteiger partial charge in [-0.05, 0) is 27.3 Å². The van der Waals surface area contributed by atoms with E-state index in [9.17, 15) is 4.79 Å². The van der Waals surface area contributed by atoms with E-state index < -0.39 is 0 Å².